The highest BCUT2D eigenvalue weighted by atomic mass is 127. The van der Waals surface area contributed by atoms with Gasteiger partial charge in [0.2, 0.25) is 5.91 Å². The standard InChI is InChI=1S/C21H34N4O2.HI/c1-15(2)24-20(27)17-7-4-8-18(14-17)25-21(22-3)23-13-5-6-16-9-11-19(26)12-10-16;/h9-12,15,17-18,26H,4-8,13-14H2,1-3H3,(H,24,27)(H2,22,23,25);1H. The zero-order valence-corrected chi connectivity index (χ0v) is 19.5. The maximum absolute atomic E-state index is 12.3. The summed E-state index contributed by atoms with van der Waals surface area (Å²) in [6.45, 7) is 4.82. The number of amides is 1. The van der Waals surface area contributed by atoms with E-state index in [1.807, 2.05) is 26.0 Å². The maximum Gasteiger partial charge on any atom is 0.223 e. The van der Waals surface area contributed by atoms with E-state index in [2.05, 4.69) is 20.9 Å². The number of nitrogens with zero attached hydrogens (tertiary/aromatic N) is 1. The minimum absolute atomic E-state index is 0. The van der Waals surface area contributed by atoms with Crippen molar-refractivity contribution in [2.24, 2.45) is 10.9 Å². The van der Waals surface area contributed by atoms with Gasteiger partial charge in [-0.2, -0.15) is 0 Å². The first-order valence-corrected chi connectivity index (χ1v) is 10.0. The van der Waals surface area contributed by atoms with Crippen LogP contribution in [0.5, 0.6) is 5.75 Å². The third-order valence-corrected chi connectivity index (χ3v) is 4.91. The highest BCUT2D eigenvalue weighted by Crippen LogP contribution is 2.24. The van der Waals surface area contributed by atoms with Crippen LogP contribution in [0.3, 0.4) is 0 Å². The summed E-state index contributed by atoms with van der Waals surface area (Å²) in [5.41, 5.74) is 1.21. The molecular formula is C21H35IN4O2. The van der Waals surface area contributed by atoms with E-state index < -0.39 is 0 Å². The summed E-state index contributed by atoms with van der Waals surface area (Å²) in [4.78, 5) is 16.6. The van der Waals surface area contributed by atoms with Crippen LogP contribution in [0.1, 0.15) is 51.5 Å². The zero-order valence-electron chi connectivity index (χ0n) is 17.2. The number of carbonyl (C=O) groups excluding carboxylic acids is 1. The van der Waals surface area contributed by atoms with E-state index in [0.29, 0.717) is 5.75 Å². The lowest BCUT2D eigenvalue weighted by Gasteiger charge is -2.30. The van der Waals surface area contributed by atoms with Gasteiger partial charge in [0.05, 0.1) is 0 Å². The lowest BCUT2D eigenvalue weighted by molar-refractivity contribution is -0.126. The molecule has 0 radical (unpaired) electrons. The summed E-state index contributed by atoms with van der Waals surface area (Å²) in [5.74, 6) is 1.37. The molecule has 7 heteroatoms. The van der Waals surface area contributed by atoms with Gasteiger partial charge in [0.1, 0.15) is 5.75 Å². The van der Waals surface area contributed by atoms with E-state index in [0.717, 1.165) is 51.0 Å². The first-order chi connectivity index (χ1) is 13.0. The average molecular weight is 502 g/mol. The van der Waals surface area contributed by atoms with E-state index in [1.54, 1.807) is 19.2 Å². The van der Waals surface area contributed by atoms with Crippen molar-refractivity contribution in [3.8, 4) is 5.75 Å². The van der Waals surface area contributed by atoms with Gasteiger partial charge < -0.3 is 21.1 Å². The Morgan fingerprint density at radius 1 is 1.25 bits per heavy atom. The van der Waals surface area contributed by atoms with Gasteiger partial charge in [-0.15, -0.1) is 24.0 Å². The van der Waals surface area contributed by atoms with Crippen LogP contribution in [0, 0.1) is 5.92 Å². The van der Waals surface area contributed by atoms with Gasteiger partial charge in [-0.3, -0.25) is 9.79 Å². The Morgan fingerprint density at radius 2 is 1.96 bits per heavy atom. The zero-order chi connectivity index (χ0) is 19.6. The second-order valence-electron chi connectivity index (χ2n) is 7.64. The first-order valence-electron chi connectivity index (χ1n) is 10.0. The minimum atomic E-state index is 0. The number of hydrogen-bond acceptors (Lipinski definition) is 3. The number of aromatic hydroxyl groups is 1. The van der Waals surface area contributed by atoms with Crippen LogP contribution in [0.4, 0.5) is 0 Å². The molecule has 1 aliphatic carbocycles. The van der Waals surface area contributed by atoms with Gasteiger partial charge in [0.25, 0.3) is 0 Å². The van der Waals surface area contributed by atoms with Gasteiger partial charge in [-0.1, -0.05) is 18.6 Å². The topological polar surface area (TPSA) is 85.8 Å². The van der Waals surface area contributed by atoms with E-state index in [9.17, 15) is 9.90 Å². The second-order valence-corrected chi connectivity index (χ2v) is 7.64. The number of hydrogen-bond donors (Lipinski definition) is 4. The molecule has 28 heavy (non-hydrogen) atoms. The Kier molecular flexibility index (Phi) is 11.3. The summed E-state index contributed by atoms with van der Waals surface area (Å²) in [7, 11) is 1.78. The van der Waals surface area contributed by atoms with Gasteiger partial charge in [-0.05, 0) is 63.6 Å². The van der Waals surface area contributed by atoms with Crippen molar-refractivity contribution >= 4 is 35.8 Å². The van der Waals surface area contributed by atoms with Crippen molar-refractivity contribution in [1.29, 1.82) is 0 Å². The smallest absolute Gasteiger partial charge is 0.223 e. The van der Waals surface area contributed by atoms with Crippen molar-refractivity contribution in [2.75, 3.05) is 13.6 Å². The third kappa shape index (κ3) is 8.67. The minimum Gasteiger partial charge on any atom is -0.508 e. The fourth-order valence-corrected chi connectivity index (χ4v) is 3.51. The number of rotatable bonds is 7. The Labute approximate surface area is 186 Å². The van der Waals surface area contributed by atoms with Crippen LogP contribution < -0.4 is 16.0 Å². The molecule has 1 amide bonds. The Bertz CT molecular complexity index is 619. The quantitative estimate of drug-likeness (QED) is 0.200. The SMILES string of the molecule is CN=C(NCCCc1ccc(O)cc1)NC1CCCC(C(=O)NC(C)C)C1.I. The van der Waals surface area contributed by atoms with Crippen LogP contribution in [-0.4, -0.2) is 42.6 Å². The fraction of sp³-hybridized carbons (Fsp3) is 0.619. The normalized spacial score (nSPS) is 19.6. The van der Waals surface area contributed by atoms with Gasteiger partial charge in [-0.25, -0.2) is 0 Å². The summed E-state index contributed by atoms with van der Waals surface area (Å²) in [5, 5.41) is 19.2. The van der Waals surface area contributed by atoms with Crippen molar-refractivity contribution in [2.45, 2.75) is 64.5 Å². The summed E-state index contributed by atoms with van der Waals surface area (Å²) in [6, 6.07) is 7.81. The van der Waals surface area contributed by atoms with E-state index in [-0.39, 0.29) is 47.9 Å². The largest absolute Gasteiger partial charge is 0.508 e. The number of aryl methyl sites for hydroxylation is 1. The molecule has 2 unspecified atom stereocenters. The van der Waals surface area contributed by atoms with E-state index >= 15 is 0 Å². The highest BCUT2D eigenvalue weighted by molar-refractivity contribution is 14.0. The summed E-state index contributed by atoms with van der Waals surface area (Å²) < 4.78 is 0. The highest BCUT2D eigenvalue weighted by Gasteiger charge is 2.27. The number of phenolic OH excluding ortho intramolecular Hbond substituents is 1. The molecule has 0 spiro atoms. The van der Waals surface area contributed by atoms with E-state index in [1.165, 1.54) is 5.56 Å². The third-order valence-electron chi connectivity index (χ3n) is 4.91. The fourth-order valence-electron chi connectivity index (χ4n) is 3.51. The lowest BCUT2D eigenvalue weighted by atomic mass is 9.85. The second kappa shape index (κ2) is 12.9. The average Bonchev–Trinajstić information content (AvgIpc) is 2.65. The Morgan fingerprint density at radius 3 is 2.61 bits per heavy atom. The van der Waals surface area contributed by atoms with E-state index in [4.69, 9.17) is 0 Å². The monoisotopic (exact) mass is 502 g/mol. The molecule has 2 atom stereocenters. The summed E-state index contributed by atoms with van der Waals surface area (Å²) in [6.07, 6.45) is 5.88. The molecule has 6 nitrogen and oxygen atoms in total. The number of guanidine groups is 1. The summed E-state index contributed by atoms with van der Waals surface area (Å²) >= 11 is 0. The number of nitrogens with one attached hydrogen (secondary N) is 3. The molecule has 158 valence electrons. The van der Waals surface area contributed by atoms with Gasteiger partial charge >= 0.3 is 0 Å². The molecule has 4 N–H and O–H groups in total. The van der Waals surface area contributed by atoms with Crippen molar-refractivity contribution in [3.63, 3.8) is 0 Å². The Hall–Kier alpha value is -1.51. The molecule has 1 aromatic carbocycles. The van der Waals surface area contributed by atoms with Crippen molar-refractivity contribution in [1.82, 2.24) is 16.0 Å². The van der Waals surface area contributed by atoms with Crippen LogP contribution >= 0.6 is 24.0 Å². The molecular weight excluding hydrogens is 467 g/mol. The van der Waals surface area contributed by atoms with Crippen molar-refractivity contribution < 1.29 is 9.90 Å². The Balaban J connectivity index is 0.00000392. The van der Waals surface area contributed by atoms with Gasteiger partial charge in [0, 0.05) is 31.6 Å². The molecule has 0 heterocycles. The lowest BCUT2D eigenvalue weighted by Crippen LogP contribution is -2.47. The molecule has 0 aliphatic heterocycles. The number of phenols is 1. The molecule has 2 rings (SSSR count). The van der Waals surface area contributed by atoms with Crippen LogP contribution in [0.15, 0.2) is 29.3 Å². The number of carbonyl (C=O) groups is 1. The molecule has 1 saturated carbocycles. The number of aliphatic imine (C=N–C) groups is 1. The molecule has 1 fully saturated rings. The maximum atomic E-state index is 12.3. The van der Waals surface area contributed by atoms with Crippen LogP contribution in [0.25, 0.3) is 0 Å². The van der Waals surface area contributed by atoms with Crippen LogP contribution in [-0.2, 0) is 11.2 Å². The first kappa shape index (κ1) is 24.5. The molecule has 1 aliphatic rings. The molecule has 0 bridgehead atoms. The van der Waals surface area contributed by atoms with Gasteiger partial charge in [0.15, 0.2) is 5.96 Å². The number of halogens is 1. The predicted octanol–water partition coefficient (Wildman–Crippen LogP) is 3.19. The molecule has 0 saturated heterocycles. The molecule has 0 aromatic heterocycles. The number of benzene rings is 1. The van der Waals surface area contributed by atoms with Crippen molar-refractivity contribution in [3.05, 3.63) is 29.8 Å². The molecule has 1 aromatic rings. The van der Waals surface area contributed by atoms with Crippen LogP contribution in [0.2, 0.25) is 0 Å². The predicted molar refractivity (Wildman–Crippen MR) is 125 cm³/mol.